The number of alkyl halides is 3. The number of halogens is 4. The first-order valence-electron chi connectivity index (χ1n) is 8.98. The molecule has 2 aromatic heterocycles. The highest BCUT2D eigenvalue weighted by molar-refractivity contribution is 7.15. The summed E-state index contributed by atoms with van der Waals surface area (Å²) in [6, 6.07) is 9.89. The van der Waals surface area contributed by atoms with Gasteiger partial charge in [-0.3, -0.25) is 9.36 Å². The monoisotopic (exact) mass is 465 g/mol. The second-order valence-electron chi connectivity index (χ2n) is 6.73. The van der Waals surface area contributed by atoms with Gasteiger partial charge in [0.1, 0.15) is 15.7 Å². The minimum Gasteiger partial charge on any atom is -0.398 e. The summed E-state index contributed by atoms with van der Waals surface area (Å²) in [5.74, 6) is 0.332. The van der Waals surface area contributed by atoms with Crippen molar-refractivity contribution >= 4 is 39.5 Å². The number of hydrogen-bond acceptors (Lipinski definition) is 6. The first-order valence-corrected chi connectivity index (χ1v) is 10.2. The number of fused-ring (bicyclic) bond motifs is 1. The number of rotatable bonds is 4. The van der Waals surface area contributed by atoms with Gasteiger partial charge in [-0.15, -0.1) is 11.3 Å². The maximum Gasteiger partial charge on any atom is 0.427 e. The molecule has 160 valence electrons. The third-order valence-corrected chi connectivity index (χ3v) is 5.98. The van der Waals surface area contributed by atoms with E-state index in [1.165, 1.54) is 16.7 Å². The van der Waals surface area contributed by atoms with Crippen LogP contribution in [0.5, 0.6) is 0 Å². The third-order valence-electron chi connectivity index (χ3n) is 4.66. The molecule has 0 saturated carbocycles. The minimum absolute atomic E-state index is 0.00600. The molecule has 4 rings (SSSR count). The molecule has 0 aliphatic heterocycles. The van der Waals surface area contributed by atoms with Gasteiger partial charge in [0, 0.05) is 16.3 Å². The zero-order valence-electron chi connectivity index (χ0n) is 15.8. The van der Waals surface area contributed by atoms with E-state index in [-0.39, 0.29) is 45.8 Å². The summed E-state index contributed by atoms with van der Waals surface area (Å²) in [6.07, 6.45) is -3.74. The quantitative estimate of drug-likeness (QED) is 0.438. The van der Waals surface area contributed by atoms with Gasteiger partial charge < -0.3 is 11.5 Å². The molecule has 0 atom stereocenters. The van der Waals surface area contributed by atoms with E-state index in [9.17, 15) is 18.0 Å². The molecule has 0 amide bonds. The number of benzene rings is 2. The summed E-state index contributed by atoms with van der Waals surface area (Å²) < 4.78 is 40.2. The van der Waals surface area contributed by atoms with Crippen LogP contribution < -0.4 is 17.0 Å². The van der Waals surface area contributed by atoms with Crippen LogP contribution in [0.3, 0.4) is 0 Å². The SMILES string of the molecule is NCc1nc2cc(-c3ncc(C(F)(F)F)s3)c(N)cc2c(=O)n1Cc1ccc(Cl)cc1. The van der Waals surface area contributed by atoms with Gasteiger partial charge in [0.2, 0.25) is 0 Å². The summed E-state index contributed by atoms with van der Waals surface area (Å²) in [6.45, 7) is 0.225. The molecule has 0 bridgehead atoms. The molecular weight excluding hydrogens is 451 g/mol. The highest BCUT2D eigenvalue weighted by Crippen LogP contribution is 2.38. The van der Waals surface area contributed by atoms with Gasteiger partial charge in [0.15, 0.2) is 0 Å². The maximum absolute atomic E-state index is 13.1. The number of thiazole rings is 1. The number of anilines is 1. The largest absolute Gasteiger partial charge is 0.427 e. The van der Waals surface area contributed by atoms with Gasteiger partial charge in [-0.05, 0) is 29.8 Å². The number of aromatic nitrogens is 3. The lowest BCUT2D eigenvalue weighted by Gasteiger charge is -2.14. The minimum atomic E-state index is -4.50. The van der Waals surface area contributed by atoms with Crippen molar-refractivity contribution in [1.82, 2.24) is 14.5 Å². The van der Waals surface area contributed by atoms with Crippen molar-refractivity contribution in [2.75, 3.05) is 5.73 Å². The highest BCUT2D eigenvalue weighted by atomic mass is 35.5. The van der Waals surface area contributed by atoms with E-state index < -0.39 is 11.1 Å². The predicted molar refractivity (Wildman–Crippen MR) is 115 cm³/mol. The van der Waals surface area contributed by atoms with Crippen LogP contribution in [0.4, 0.5) is 18.9 Å². The van der Waals surface area contributed by atoms with Crippen LogP contribution in [0.1, 0.15) is 16.3 Å². The van der Waals surface area contributed by atoms with Gasteiger partial charge in [-0.25, -0.2) is 9.97 Å². The van der Waals surface area contributed by atoms with E-state index in [0.29, 0.717) is 22.2 Å². The van der Waals surface area contributed by atoms with Crippen LogP contribution in [0.2, 0.25) is 5.02 Å². The van der Waals surface area contributed by atoms with E-state index in [1.807, 2.05) is 0 Å². The Morgan fingerprint density at radius 3 is 2.48 bits per heavy atom. The molecule has 0 fully saturated rings. The van der Waals surface area contributed by atoms with Gasteiger partial charge in [0.05, 0.1) is 30.2 Å². The third kappa shape index (κ3) is 4.14. The van der Waals surface area contributed by atoms with Gasteiger partial charge in [0.25, 0.3) is 5.56 Å². The number of nitrogens with two attached hydrogens (primary N) is 2. The lowest BCUT2D eigenvalue weighted by Crippen LogP contribution is -2.27. The lowest BCUT2D eigenvalue weighted by atomic mass is 10.1. The van der Waals surface area contributed by atoms with E-state index in [0.717, 1.165) is 11.8 Å². The first-order chi connectivity index (χ1) is 14.7. The smallest absolute Gasteiger partial charge is 0.398 e. The van der Waals surface area contributed by atoms with Crippen molar-refractivity contribution < 1.29 is 13.2 Å². The molecular formula is C20H15ClF3N5OS. The number of nitrogens with zero attached hydrogens (tertiary/aromatic N) is 3. The molecule has 0 spiro atoms. The standard InChI is InChI=1S/C20H15ClF3N5OS/c21-11-3-1-10(2-4-11)9-29-17(7-25)28-15-6-12(14(26)5-13(15)19(29)30)18-27-8-16(31-18)20(22,23)24/h1-6,8H,7,9,25-26H2. The van der Waals surface area contributed by atoms with Crippen LogP contribution in [0.15, 0.2) is 47.4 Å². The number of nitrogen functional groups attached to an aromatic ring is 1. The normalized spacial score (nSPS) is 11.9. The summed E-state index contributed by atoms with van der Waals surface area (Å²) in [4.78, 5) is 20.6. The fraction of sp³-hybridized carbons (Fsp3) is 0.150. The van der Waals surface area contributed by atoms with E-state index in [1.54, 1.807) is 24.3 Å². The van der Waals surface area contributed by atoms with Crippen molar-refractivity contribution in [2.24, 2.45) is 5.73 Å². The van der Waals surface area contributed by atoms with Crippen molar-refractivity contribution in [3.8, 4) is 10.6 Å². The molecule has 6 nitrogen and oxygen atoms in total. The topological polar surface area (TPSA) is 99.8 Å². The van der Waals surface area contributed by atoms with E-state index in [4.69, 9.17) is 23.1 Å². The summed E-state index contributed by atoms with van der Waals surface area (Å²) in [5, 5.41) is 0.899. The van der Waals surface area contributed by atoms with Gasteiger partial charge in [-0.2, -0.15) is 13.2 Å². The number of hydrogen-bond donors (Lipinski definition) is 2. The van der Waals surface area contributed by atoms with Crippen LogP contribution >= 0.6 is 22.9 Å². The fourth-order valence-corrected chi connectivity index (χ4v) is 4.08. The van der Waals surface area contributed by atoms with Crippen LogP contribution in [-0.4, -0.2) is 14.5 Å². The average Bonchev–Trinajstić information content (AvgIpc) is 3.22. The molecule has 0 unspecified atom stereocenters. The van der Waals surface area contributed by atoms with Crippen LogP contribution in [0, 0.1) is 0 Å². The predicted octanol–water partition coefficient (Wildman–Crippen LogP) is 4.28. The van der Waals surface area contributed by atoms with Gasteiger partial charge >= 0.3 is 6.18 Å². The Kier molecular flexibility index (Phi) is 5.46. The van der Waals surface area contributed by atoms with Crippen molar-refractivity contribution in [2.45, 2.75) is 19.3 Å². The average molecular weight is 466 g/mol. The van der Waals surface area contributed by atoms with E-state index >= 15 is 0 Å². The Morgan fingerprint density at radius 2 is 1.87 bits per heavy atom. The van der Waals surface area contributed by atoms with E-state index in [2.05, 4.69) is 9.97 Å². The molecule has 31 heavy (non-hydrogen) atoms. The Bertz CT molecular complexity index is 1330. The van der Waals surface area contributed by atoms with Crippen molar-refractivity contribution in [3.05, 3.63) is 74.2 Å². The Morgan fingerprint density at radius 1 is 1.16 bits per heavy atom. The Hall–Kier alpha value is -2.95. The van der Waals surface area contributed by atoms with Gasteiger partial charge in [-0.1, -0.05) is 23.7 Å². The summed E-state index contributed by atoms with van der Waals surface area (Å²) in [5.41, 5.74) is 13.0. The summed E-state index contributed by atoms with van der Waals surface area (Å²) >= 11 is 6.38. The molecule has 0 aliphatic rings. The Balaban J connectivity index is 1.83. The van der Waals surface area contributed by atoms with Crippen LogP contribution in [0.25, 0.3) is 21.5 Å². The second-order valence-corrected chi connectivity index (χ2v) is 8.20. The fourth-order valence-electron chi connectivity index (χ4n) is 3.14. The molecule has 2 aromatic carbocycles. The molecule has 2 heterocycles. The van der Waals surface area contributed by atoms with Crippen LogP contribution in [-0.2, 0) is 19.3 Å². The molecule has 4 N–H and O–H groups in total. The first kappa shape index (κ1) is 21.3. The second kappa shape index (κ2) is 7.95. The van der Waals surface area contributed by atoms with Crippen molar-refractivity contribution in [3.63, 3.8) is 0 Å². The zero-order chi connectivity index (χ0) is 22.3. The molecule has 0 saturated heterocycles. The lowest BCUT2D eigenvalue weighted by molar-refractivity contribution is -0.134. The Labute approximate surface area is 182 Å². The molecule has 4 aromatic rings. The zero-order valence-corrected chi connectivity index (χ0v) is 17.4. The summed E-state index contributed by atoms with van der Waals surface area (Å²) in [7, 11) is 0. The maximum atomic E-state index is 13.1. The molecule has 0 aliphatic carbocycles. The molecule has 11 heteroatoms. The van der Waals surface area contributed by atoms with Crippen molar-refractivity contribution in [1.29, 1.82) is 0 Å². The highest BCUT2D eigenvalue weighted by Gasteiger charge is 2.33. The molecule has 0 radical (unpaired) electrons.